The summed E-state index contributed by atoms with van der Waals surface area (Å²) in [5.41, 5.74) is 0.769. The maximum atomic E-state index is 12.9. The molecule has 30 heavy (non-hydrogen) atoms. The Morgan fingerprint density at radius 2 is 1.97 bits per heavy atom. The summed E-state index contributed by atoms with van der Waals surface area (Å²) in [7, 11) is 1.58. The number of likely N-dealkylation sites (N-methyl/N-ethyl adjacent to an activating group) is 1. The zero-order valence-corrected chi connectivity index (χ0v) is 17.0. The number of rotatable bonds is 5. The van der Waals surface area contributed by atoms with E-state index >= 15 is 0 Å². The van der Waals surface area contributed by atoms with E-state index in [2.05, 4.69) is 4.99 Å². The number of carbonyl (C=O) groups is 1. The molecule has 0 unspecified atom stereocenters. The van der Waals surface area contributed by atoms with Crippen LogP contribution in [0.2, 0.25) is 0 Å². The molecule has 2 heterocycles. The largest absolute Gasteiger partial charge is 0.497 e. The van der Waals surface area contributed by atoms with Gasteiger partial charge in [0.05, 0.1) is 34.3 Å². The molecule has 0 aromatic heterocycles. The van der Waals surface area contributed by atoms with Crippen LogP contribution in [0.1, 0.15) is 12.5 Å². The number of amidine groups is 1. The second-order valence-electron chi connectivity index (χ2n) is 6.27. The molecule has 4 rings (SSSR count). The van der Waals surface area contributed by atoms with Crippen molar-refractivity contribution in [3.8, 4) is 17.2 Å². The number of nitro benzene ring substituents is 1. The lowest BCUT2D eigenvalue weighted by Gasteiger charge is -2.12. The van der Waals surface area contributed by atoms with Crippen LogP contribution in [-0.4, -0.2) is 41.3 Å². The summed E-state index contributed by atoms with van der Waals surface area (Å²) in [6, 6.07) is 9.96. The maximum Gasteiger partial charge on any atom is 0.280 e. The Morgan fingerprint density at radius 3 is 2.60 bits per heavy atom. The molecule has 154 valence electrons. The molecule has 10 heteroatoms. The van der Waals surface area contributed by atoms with Gasteiger partial charge in [-0.1, -0.05) is 0 Å². The quantitative estimate of drug-likeness (QED) is 0.404. The van der Waals surface area contributed by atoms with Crippen molar-refractivity contribution in [1.82, 2.24) is 4.90 Å². The Balaban J connectivity index is 1.70. The first-order valence-electron chi connectivity index (χ1n) is 9.02. The lowest BCUT2D eigenvalue weighted by Crippen LogP contribution is -2.28. The average molecular weight is 427 g/mol. The van der Waals surface area contributed by atoms with Crippen LogP contribution in [0.4, 0.5) is 11.4 Å². The number of methoxy groups -OCH3 is 1. The monoisotopic (exact) mass is 427 g/mol. The SMILES string of the molecule is CCN1C(=O)/C(=C/c2cc3c(cc2[N+](=O)[O-])OCO3)SC1=Nc1ccc(OC)cc1. The first-order valence-corrected chi connectivity index (χ1v) is 9.84. The van der Waals surface area contributed by atoms with E-state index in [1.54, 1.807) is 31.4 Å². The van der Waals surface area contributed by atoms with Crippen molar-refractivity contribution in [2.75, 3.05) is 20.4 Å². The number of nitro groups is 1. The van der Waals surface area contributed by atoms with Crippen LogP contribution in [0, 0.1) is 10.1 Å². The highest BCUT2D eigenvalue weighted by Crippen LogP contribution is 2.41. The second-order valence-corrected chi connectivity index (χ2v) is 7.28. The van der Waals surface area contributed by atoms with Crippen LogP contribution in [0.5, 0.6) is 17.2 Å². The van der Waals surface area contributed by atoms with Crippen molar-refractivity contribution in [2.45, 2.75) is 6.92 Å². The zero-order valence-electron chi connectivity index (χ0n) is 16.2. The number of carbonyl (C=O) groups excluding carboxylic acids is 1. The normalized spacial score (nSPS) is 17.8. The van der Waals surface area contributed by atoms with Gasteiger partial charge >= 0.3 is 0 Å². The van der Waals surface area contributed by atoms with Gasteiger partial charge in [-0.3, -0.25) is 19.8 Å². The van der Waals surface area contributed by atoms with Gasteiger partial charge in [-0.25, -0.2) is 4.99 Å². The summed E-state index contributed by atoms with van der Waals surface area (Å²) in [5, 5.41) is 12.0. The van der Waals surface area contributed by atoms with Crippen LogP contribution in [0.25, 0.3) is 6.08 Å². The predicted octanol–water partition coefficient (Wildman–Crippen LogP) is 3.96. The van der Waals surface area contributed by atoms with Crippen molar-refractivity contribution in [3.63, 3.8) is 0 Å². The van der Waals surface area contributed by atoms with E-state index in [1.165, 1.54) is 34.9 Å². The third kappa shape index (κ3) is 3.69. The van der Waals surface area contributed by atoms with E-state index in [4.69, 9.17) is 14.2 Å². The van der Waals surface area contributed by atoms with Crippen molar-refractivity contribution < 1.29 is 23.9 Å². The van der Waals surface area contributed by atoms with Gasteiger partial charge in [-0.2, -0.15) is 0 Å². The number of hydrogen-bond acceptors (Lipinski definition) is 8. The summed E-state index contributed by atoms with van der Waals surface area (Å²) in [4.78, 5) is 30.3. The molecule has 2 aromatic rings. The number of aliphatic imine (C=N–C) groups is 1. The number of hydrogen-bond donors (Lipinski definition) is 0. The van der Waals surface area contributed by atoms with Gasteiger partial charge in [0.1, 0.15) is 5.75 Å². The maximum absolute atomic E-state index is 12.9. The van der Waals surface area contributed by atoms with Gasteiger partial charge in [0.25, 0.3) is 11.6 Å². The molecule has 0 spiro atoms. The topological polar surface area (TPSA) is 104 Å². The summed E-state index contributed by atoms with van der Waals surface area (Å²) >= 11 is 1.17. The molecule has 1 saturated heterocycles. The molecule has 1 amide bonds. The smallest absolute Gasteiger partial charge is 0.280 e. The Labute approximate surface area is 176 Å². The number of ether oxygens (including phenoxy) is 3. The van der Waals surface area contributed by atoms with Crippen molar-refractivity contribution in [3.05, 3.63) is 57.0 Å². The molecule has 2 aromatic carbocycles. The number of amides is 1. The van der Waals surface area contributed by atoms with Gasteiger partial charge in [-0.15, -0.1) is 0 Å². The van der Waals surface area contributed by atoms with E-state index in [1.807, 2.05) is 6.92 Å². The number of fused-ring (bicyclic) bond motifs is 1. The van der Waals surface area contributed by atoms with E-state index < -0.39 is 4.92 Å². The highest BCUT2D eigenvalue weighted by atomic mass is 32.2. The van der Waals surface area contributed by atoms with Gasteiger partial charge in [0.2, 0.25) is 6.79 Å². The second kappa shape index (κ2) is 8.07. The minimum absolute atomic E-state index is 0.00245. The molecule has 0 aliphatic carbocycles. The van der Waals surface area contributed by atoms with E-state index in [-0.39, 0.29) is 24.0 Å². The first kappa shape index (κ1) is 19.8. The lowest BCUT2D eigenvalue weighted by atomic mass is 10.1. The fraction of sp³-hybridized carbons (Fsp3) is 0.200. The van der Waals surface area contributed by atoms with Crippen molar-refractivity contribution >= 4 is 40.3 Å². The third-order valence-corrected chi connectivity index (χ3v) is 5.51. The van der Waals surface area contributed by atoms with Gasteiger partial charge in [0, 0.05) is 6.54 Å². The first-order chi connectivity index (χ1) is 14.5. The summed E-state index contributed by atoms with van der Waals surface area (Å²) in [6.07, 6.45) is 1.49. The molecule has 9 nitrogen and oxygen atoms in total. The van der Waals surface area contributed by atoms with Gasteiger partial charge < -0.3 is 14.2 Å². The van der Waals surface area contributed by atoms with Crippen LogP contribution < -0.4 is 14.2 Å². The van der Waals surface area contributed by atoms with Crippen molar-refractivity contribution in [1.29, 1.82) is 0 Å². The van der Waals surface area contributed by atoms with Crippen molar-refractivity contribution in [2.24, 2.45) is 4.99 Å². The molecule has 0 N–H and O–H groups in total. The summed E-state index contributed by atoms with van der Waals surface area (Å²) < 4.78 is 15.7. The van der Waals surface area contributed by atoms with E-state index in [0.717, 1.165) is 0 Å². The van der Waals surface area contributed by atoms with Gasteiger partial charge in [-0.05, 0) is 55.1 Å². The molecule has 0 bridgehead atoms. The third-order valence-electron chi connectivity index (χ3n) is 4.51. The van der Waals surface area contributed by atoms with E-state index in [0.29, 0.717) is 39.6 Å². The lowest BCUT2D eigenvalue weighted by molar-refractivity contribution is -0.385. The standard InChI is InChI=1S/C20H17N3O6S/c1-3-22-19(24)18(30-20(22)21-13-4-6-14(27-2)7-5-13)9-12-8-16-17(29-11-28-16)10-15(12)23(25)26/h4-10H,3,11H2,1-2H3/b18-9-,21-20?. The molecule has 1 fully saturated rings. The Kier molecular flexibility index (Phi) is 5.32. The highest BCUT2D eigenvalue weighted by molar-refractivity contribution is 8.18. The molecule has 0 saturated carbocycles. The highest BCUT2D eigenvalue weighted by Gasteiger charge is 2.33. The number of benzene rings is 2. The zero-order chi connectivity index (χ0) is 21.3. The molecular weight excluding hydrogens is 410 g/mol. The van der Waals surface area contributed by atoms with E-state index in [9.17, 15) is 14.9 Å². The van der Waals surface area contributed by atoms with Crippen LogP contribution in [0.3, 0.4) is 0 Å². The van der Waals surface area contributed by atoms with Crippen LogP contribution in [-0.2, 0) is 4.79 Å². The predicted molar refractivity (Wildman–Crippen MR) is 112 cm³/mol. The Morgan fingerprint density at radius 1 is 1.27 bits per heavy atom. The Hall–Kier alpha value is -3.53. The number of thioether (sulfide) groups is 1. The molecule has 0 atom stereocenters. The minimum Gasteiger partial charge on any atom is -0.497 e. The molecule has 2 aliphatic rings. The average Bonchev–Trinajstić information content (AvgIpc) is 3.31. The summed E-state index contributed by atoms with van der Waals surface area (Å²) in [5.74, 6) is 1.16. The van der Waals surface area contributed by atoms with Crippen LogP contribution in [0.15, 0.2) is 46.3 Å². The molecular formula is C20H17N3O6S. The summed E-state index contributed by atoms with van der Waals surface area (Å²) in [6.45, 7) is 2.26. The van der Waals surface area contributed by atoms with Gasteiger partial charge in [0.15, 0.2) is 16.7 Å². The molecule has 2 aliphatic heterocycles. The fourth-order valence-corrected chi connectivity index (χ4v) is 4.05. The fourth-order valence-electron chi connectivity index (χ4n) is 3.00. The minimum atomic E-state index is -0.512. The Bertz CT molecular complexity index is 1080. The number of nitrogens with zero attached hydrogens (tertiary/aromatic N) is 3. The molecule has 0 radical (unpaired) electrons. The van der Waals surface area contributed by atoms with Crippen LogP contribution >= 0.6 is 11.8 Å².